The summed E-state index contributed by atoms with van der Waals surface area (Å²) in [5.74, 6) is -0.245. The molecule has 0 atom stereocenters. The lowest BCUT2D eigenvalue weighted by atomic mass is 10.8. The van der Waals surface area contributed by atoms with Crippen LogP contribution in [0.4, 0.5) is 0 Å². The highest BCUT2D eigenvalue weighted by Crippen LogP contribution is 2.16. The summed E-state index contributed by atoms with van der Waals surface area (Å²) in [4.78, 5) is 10.3. The predicted molar refractivity (Wildman–Crippen MR) is 40.0 cm³/mol. The SMILES string of the molecule is CSC(SC)C(N)=O. The molecular formula is C4H9NOS2. The molecule has 0 aliphatic heterocycles. The standard InChI is InChI=1S/C4H9NOS2/c1-7-4(8-2)3(5)6/h4H,1-2H3,(H2,5,6). The number of rotatable bonds is 3. The van der Waals surface area contributed by atoms with Gasteiger partial charge in [0.15, 0.2) is 0 Å². The van der Waals surface area contributed by atoms with Crippen LogP contribution in [0.25, 0.3) is 0 Å². The maximum absolute atomic E-state index is 10.3. The van der Waals surface area contributed by atoms with Crippen LogP contribution in [-0.4, -0.2) is 23.0 Å². The minimum Gasteiger partial charge on any atom is -0.368 e. The molecule has 0 heterocycles. The second kappa shape index (κ2) is 4.09. The summed E-state index contributed by atoms with van der Waals surface area (Å²) in [5.41, 5.74) is 4.98. The molecule has 0 rings (SSSR count). The molecule has 8 heavy (non-hydrogen) atoms. The molecule has 0 spiro atoms. The van der Waals surface area contributed by atoms with Gasteiger partial charge in [0.25, 0.3) is 0 Å². The molecule has 0 unspecified atom stereocenters. The summed E-state index contributed by atoms with van der Waals surface area (Å²) in [7, 11) is 0. The minimum absolute atomic E-state index is 0.0741. The van der Waals surface area contributed by atoms with Gasteiger partial charge in [0.2, 0.25) is 5.91 Å². The van der Waals surface area contributed by atoms with E-state index in [1.54, 1.807) is 0 Å². The van der Waals surface area contributed by atoms with Gasteiger partial charge in [-0.1, -0.05) is 0 Å². The van der Waals surface area contributed by atoms with Gasteiger partial charge in [-0.3, -0.25) is 4.79 Å². The highest BCUT2D eigenvalue weighted by Gasteiger charge is 2.09. The van der Waals surface area contributed by atoms with Gasteiger partial charge in [-0.05, 0) is 12.5 Å². The van der Waals surface area contributed by atoms with Gasteiger partial charge in [-0.2, -0.15) is 0 Å². The first-order chi connectivity index (χ1) is 3.72. The van der Waals surface area contributed by atoms with Gasteiger partial charge < -0.3 is 5.73 Å². The topological polar surface area (TPSA) is 43.1 Å². The number of carbonyl (C=O) groups excluding carboxylic acids is 1. The Balaban J connectivity index is 3.52. The third kappa shape index (κ3) is 2.47. The van der Waals surface area contributed by atoms with Gasteiger partial charge in [0.1, 0.15) is 4.58 Å². The highest BCUT2D eigenvalue weighted by atomic mass is 32.2. The van der Waals surface area contributed by atoms with E-state index in [2.05, 4.69) is 0 Å². The van der Waals surface area contributed by atoms with Crippen molar-refractivity contribution in [2.75, 3.05) is 12.5 Å². The lowest BCUT2D eigenvalue weighted by Gasteiger charge is -2.03. The lowest BCUT2D eigenvalue weighted by Crippen LogP contribution is -2.21. The fourth-order valence-electron chi connectivity index (χ4n) is 0.329. The van der Waals surface area contributed by atoms with Crippen molar-refractivity contribution in [3.8, 4) is 0 Å². The third-order valence-corrected chi connectivity index (χ3v) is 3.14. The molecule has 0 aliphatic carbocycles. The molecule has 0 fully saturated rings. The Morgan fingerprint density at radius 2 is 1.88 bits per heavy atom. The summed E-state index contributed by atoms with van der Waals surface area (Å²) in [6.45, 7) is 0. The second-order valence-electron chi connectivity index (χ2n) is 1.21. The zero-order chi connectivity index (χ0) is 6.57. The normalized spacial score (nSPS) is 9.88. The van der Waals surface area contributed by atoms with Gasteiger partial charge >= 0.3 is 0 Å². The van der Waals surface area contributed by atoms with E-state index in [1.165, 1.54) is 23.5 Å². The van der Waals surface area contributed by atoms with Gasteiger partial charge in [0, 0.05) is 0 Å². The van der Waals surface area contributed by atoms with Crippen LogP contribution in [0.2, 0.25) is 0 Å². The molecule has 2 nitrogen and oxygen atoms in total. The molecule has 48 valence electrons. The molecule has 2 N–H and O–H groups in total. The average Bonchev–Trinajstić information content (AvgIpc) is 1.69. The summed E-state index contributed by atoms with van der Waals surface area (Å²) < 4.78 is -0.0741. The quantitative estimate of drug-likeness (QED) is 0.598. The number of primary amides is 1. The molecule has 0 aromatic carbocycles. The maximum atomic E-state index is 10.3. The molecular weight excluding hydrogens is 142 g/mol. The molecule has 0 saturated carbocycles. The van der Waals surface area contributed by atoms with E-state index >= 15 is 0 Å². The number of hydrogen-bond acceptors (Lipinski definition) is 3. The number of amides is 1. The Morgan fingerprint density at radius 1 is 1.50 bits per heavy atom. The van der Waals surface area contributed by atoms with E-state index in [-0.39, 0.29) is 10.5 Å². The maximum Gasteiger partial charge on any atom is 0.240 e. The molecule has 4 heteroatoms. The minimum atomic E-state index is -0.245. The van der Waals surface area contributed by atoms with E-state index < -0.39 is 0 Å². The largest absolute Gasteiger partial charge is 0.368 e. The summed E-state index contributed by atoms with van der Waals surface area (Å²) in [6, 6.07) is 0. The molecule has 0 aromatic heterocycles. The molecule has 0 radical (unpaired) electrons. The lowest BCUT2D eigenvalue weighted by molar-refractivity contribution is -0.116. The zero-order valence-corrected chi connectivity index (χ0v) is 6.51. The summed E-state index contributed by atoms with van der Waals surface area (Å²) >= 11 is 2.93. The first kappa shape index (κ1) is 8.17. The molecule has 0 aliphatic rings. The third-order valence-electron chi connectivity index (χ3n) is 0.660. The van der Waals surface area contributed by atoms with Crippen molar-refractivity contribution in [2.45, 2.75) is 4.58 Å². The average molecular weight is 151 g/mol. The Hall–Kier alpha value is 0.170. The monoisotopic (exact) mass is 151 g/mol. The van der Waals surface area contributed by atoms with Crippen molar-refractivity contribution in [3.05, 3.63) is 0 Å². The van der Waals surface area contributed by atoms with Crippen LogP contribution in [0.5, 0.6) is 0 Å². The Morgan fingerprint density at radius 3 is 1.88 bits per heavy atom. The van der Waals surface area contributed by atoms with Crippen LogP contribution < -0.4 is 5.73 Å². The second-order valence-corrected chi connectivity index (χ2v) is 3.39. The van der Waals surface area contributed by atoms with Crippen molar-refractivity contribution in [2.24, 2.45) is 5.73 Å². The van der Waals surface area contributed by atoms with Crippen molar-refractivity contribution < 1.29 is 4.79 Å². The van der Waals surface area contributed by atoms with Gasteiger partial charge in [-0.15, -0.1) is 23.5 Å². The van der Waals surface area contributed by atoms with Crippen LogP contribution in [0.1, 0.15) is 0 Å². The fraction of sp³-hybridized carbons (Fsp3) is 0.750. The van der Waals surface area contributed by atoms with Crippen molar-refractivity contribution in [1.82, 2.24) is 0 Å². The van der Waals surface area contributed by atoms with Crippen LogP contribution in [0, 0.1) is 0 Å². The van der Waals surface area contributed by atoms with Crippen LogP contribution in [-0.2, 0) is 4.79 Å². The Bertz CT molecular complexity index is 82.1. The number of nitrogens with two attached hydrogens (primary N) is 1. The Kier molecular flexibility index (Phi) is 4.18. The van der Waals surface area contributed by atoms with Crippen molar-refractivity contribution in [1.29, 1.82) is 0 Å². The van der Waals surface area contributed by atoms with E-state index in [0.29, 0.717) is 0 Å². The summed E-state index contributed by atoms with van der Waals surface area (Å²) in [5, 5.41) is 0. The number of hydrogen-bond donors (Lipinski definition) is 1. The predicted octanol–water partition coefficient (Wildman–Crippen LogP) is 0.524. The zero-order valence-electron chi connectivity index (χ0n) is 4.88. The summed E-state index contributed by atoms with van der Waals surface area (Å²) in [6.07, 6.45) is 3.73. The van der Waals surface area contributed by atoms with E-state index in [1.807, 2.05) is 12.5 Å². The first-order valence-electron chi connectivity index (χ1n) is 2.07. The van der Waals surface area contributed by atoms with Crippen LogP contribution >= 0.6 is 23.5 Å². The van der Waals surface area contributed by atoms with E-state index in [9.17, 15) is 4.79 Å². The smallest absolute Gasteiger partial charge is 0.240 e. The molecule has 0 bridgehead atoms. The number of thioether (sulfide) groups is 2. The fourth-order valence-corrected chi connectivity index (χ4v) is 1.56. The molecule has 0 aromatic rings. The van der Waals surface area contributed by atoms with Crippen molar-refractivity contribution >= 4 is 29.4 Å². The highest BCUT2D eigenvalue weighted by molar-refractivity contribution is 8.17. The molecule has 0 saturated heterocycles. The number of carbonyl (C=O) groups is 1. The Labute approximate surface area is 57.6 Å². The first-order valence-corrected chi connectivity index (χ1v) is 4.65. The van der Waals surface area contributed by atoms with Crippen LogP contribution in [0.15, 0.2) is 0 Å². The molecule has 1 amide bonds. The van der Waals surface area contributed by atoms with E-state index in [4.69, 9.17) is 5.73 Å². The van der Waals surface area contributed by atoms with Gasteiger partial charge in [0.05, 0.1) is 0 Å². The van der Waals surface area contributed by atoms with Crippen molar-refractivity contribution in [3.63, 3.8) is 0 Å². The van der Waals surface area contributed by atoms with Crippen LogP contribution in [0.3, 0.4) is 0 Å². The van der Waals surface area contributed by atoms with Gasteiger partial charge in [-0.25, -0.2) is 0 Å². The van der Waals surface area contributed by atoms with E-state index in [0.717, 1.165) is 0 Å².